The summed E-state index contributed by atoms with van der Waals surface area (Å²) in [6, 6.07) is 0. The molecule has 13 heteroatoms. The van der Waals surface area contributed by atoms with Crippen LogP contribution < -0.4 is 21.5 Å². The second-order valence-corrected chi connectivity index (χ2v) is 14.8. The van der Waals surface area contributed by atoms with Crippen LogP contribution in [0, 0.1) is 25.7 Å². The molecule has 0 saturated carbocycles. The first kappa shape index (κ1) is 38.9. The minimum atomic E-state index is -0.490. The number of nitrogens with zero attached hydrogens (tertiary/aromatic N) is 4. The zero-order chi connectivity index (χ0) is 39.0. The molecule has 4 aliphatic rings. The number of carbonyl (C=O) groups is 4. The van der Waals surface area contributed by atoms with Crippen LogP contribution in [0.15, 0.2) is 36.6 Å². The number of Topliss-reactive ketones (excluding diaryl/α,β-unsaturated/α-hetero) is 1. The van der Waals surface area contributed by atoms with Gasteiger partial charge < -0.3 is 14.8 Å². The van der Waals surface area contributed by atoms with Gasteiger partial charge in [0.25, 0.3) is 5.91 Å². The highest BCUT2D eigenvalue weighted by Crippen LogP contribution is 2.41. The van der Waals surface area contributed by atoms with E-state index in [1.54, 1.807) is 0 Å². The maximum Gasteiger partial charge on any atom is 0.310 e. The van der Waals surface area contributed by atoms with Crippen LogP contribution in [0.4, 0.5) is 0 Å². The Bertz CT molecular complexity index is 2300. The second kappa shape index (κ2) is 15.9. The van der Waals surface area contributed by atoms with Crippen LogP contribution in [0.5, 0.6) is 0 Å². The van der Waals surface area contributed by atoms with Gasteiger partial charge in [-0.1, -0.05) is 36.4 Å². The van der Waals surface area contributed by atoms with Crippen LogP contribution in [0.1, 0.15) is 105 Å². The molecule has 0 saturated heterocycles. The number of halogens is 1. The smallest absolute Gasteiger partial charge is 0.310 e. The fourth-order valence-corrected chi connectivity index (χ4v) is 8.31. The van der Waals surface area contributed by atoms with Crippen molar-refractivity contribution in [3.63, 3.8) is 0 Å². The number of ether oxygens (including phenoxy) is 2. The number of esters is 2. The van der Waals surface area contributed by atoms with E-state index in [0.29, 0.717) is 46.0 Å². The van der Waals surface area contributed by atoms with Crippen LogP contribution in [-0.4, -0.2) is 65.2 Å². The van der Waals surface area contributed by atoms with Gasteiger partial charge in [0.05, 0.1) is 65.4 Å². The number of aromatic nitrogens is 2. The van der Waals surface area contributed by atoms with Crippen molar-refractivity contribution in [3.05, 3.63) is 71.0 Å². The molecule has 6 bridgehead atoms. The monoisotopic (exact) mass is 846 g/mol. The van der Waals surface area contributed by atoms with Crippen LogP contribution in [0.2, 0.25) is 0 Å². The third kappa shape index (κ3) is 6.98. The number of hydrogen-bond donors (Lipinski definition) is 2. The minimum absolute atomic E-state index is 0.0430. The summed E-state index contributed by atoms with van der Waals surface area (Å²) in [5.74, 6) is -1.52. The Morgan fingerprint density at radius 1 is 0.963 bits per heavy atom. The van der Waals surface area contributed by atoms with Crippen LogP contribution in [-0.2, 0) is 23.9 Å². The van der Waals surface area contributed by atoms with Crippen LogP contribution >= 0.6 is 22.6 Å². The zero-order valence-electron chi connectivity index (χ0n) is 32.1. The third-order valence-corrected chi connectivity index (χ3v) is 11.3. The van der Waals surface area contributed by atoms with Gasteiger partial charge in [0.15, 0.2) is 0 Å². The molecule has 2 N–H and O–H groups in total. The van der Waals surface area contributed by atoms with Crippen molar-refractivity contribution in [1.82, 2.24) is 14.7 Å². The second-order valence-electron chi connectivity index (χ2n) is 14.1. The number of methoxy groups -OCH3 is 2. The molecule has 6 rings (SSSR count). The van der Waals surface area contributed by atoms with E-state index in [-0.39, 0.29) is 55.3 Å². The van der Waals surface area contributed by atoms with Crippen molar-refractivity contribution < 1.29 is 28.7 Å². The first-order chi connectivity index (χ1) is 25.8. The predicted molar refractivity (Wildman–Crippen MR) is 220 cm³/mol. The minimum Gasteiger partial charge on any atom is -0.469 e. The molecule has 284 valence electrons. The topological polar surface area (TPSA) is 145 Å². The maximum absolute atomic E-state index is 14.5. The normalized spacial score (nSPS) is 21.9. The highest BCUT2D eigenvalue weighted by atomic mass is 127. The number of ketones is 1. The molecule has 6 heterocycles. The van der Waals surface area contributed by atoms with E-state index in [0.717, 1.165) is 57.2 Å². The first-order valence-corrected chi connectivity index (χ1v) is 19.6. The van der Waals surface area contributed by atoms with Gasteiger partial charge in [-0.2, -0.15) is 0 Å². The van der Waals surface area contributed by atoms with Gasteiger partial charge in [0.2, 0.25) is 0 Å². The highest BCUT2D eigenvalue weighted by molar-refractivity contribution is 14.1. The number of aliphatic imine (C=N–C) groups is 2. The predicted octanol–water partition coefficient (Wildman–Crippen LogP) is 5.46. The van der Waals surface area contributed by atoms with Gasteiger partial charge in [0.1, 0.15) is 5.78 Å². The molecule has 0 aromatic carbocycles. The van der Waals surface area contributed by atoms with E-state index in [2.05, 4.69) is 79.4 Å². The van der Waals surface area contributed by atoms with E-state index in [4.69, 9.17) is 19.5 Å². The molecular formula is C41H47IN6O6. The van der Waals surface area contributed by atoms with Gasteiger partial charge in [-0.05, 0) is 97.6 Å². The lowest BCUT2D eigenvalue weighted by Crippen LogP contribution is -2.43. The molecule has 0 spiro atoms. The Balaban J connectivity index is 1.80. The summed E-state index contributed by atoms with van der Waals surface area (Å²) >= 11 is 2.23. The fraction of sp³-hybridized carbons (Fsp3) is 0.415. The first-order valence-electron chi connectivity index (χ1n) is 18.3. The summed E-state index contributed by atoms with van der Waals surface area (Å²) in [6.07, 6.45) is 10.4. The number of rotatable bonds is 12. The Hall–Kier alpha value is -4.79. The number of hydrogen-bond acceptors (Lipinski definition) is 9. The SMILES string of the molecule is CCC1=C(C)/C2=C/c3c(/C=C/I)c(C)c4n3Nn3/c(c(C)c(C(=O)NCCC(C)=O)/c3=C(\CC(=O)OC)C3=N/C(=C\4)[C@@H](C)[C@@H]3CCCC(=O)OC)=C\C1=N2. The van der Waals surface area contributed by atoms with Gasteiger partial charge >= 0.3 is 11.9 Å². The van der Waals surface area contributed by atoms with Crippen molar-refractivity contribution in [1.29, 1.82) is 0 Å². The fourth-order valence-electron chi connectivity index (χ4n) is 7.95. The molecule has 0 unspecified atom stereocenters. The number of allylic oxidation sites excluding steroid dienone is 3. The number of nitrogens with one attached hydrogen (secondary N) is 2. The van der Waals surface area contributed by atoms with Crippen molar-refractivity contribution >= 4 is 87.5 Å². The number of carbonyl (C=O) groups excluding carboxylic acids is 4. The maximum atomic E-state index is 14.5. The summed E-state index contributed by atoms with van der Waals surface area (Å²) in [4.78, 5) is 62.6. The van der Waals surface area contributed by atoms with Gasteiger partial charge in [-0.15, -0.1) is 0 Å². The van der Waals surface area contributed by atoms with Gasteiger partial charge in [0, 0.05) is 48.1 Å². The summed E-state index contributed by atoms with van der Waals surface area (Å²) in [7, 11) is 2.72. The lowest BCUT2D eigenvalue weighted by Gasteiger charge is -2.21. The number of amides is 1. The van der Waals surface area contributed by atoms with Crippen molar-refractivity contribution in [3.8, 4) is 0 Å². The number of fused-ring (bicyclic) bond motifs is 2. The molecule has 54 heavy (non-hydrogen) atoms. The quantitative estimate of drug-likeness (QED) is 0.213. The molecule has 0 fully saturated rings. The van der Waals surface area contributed by atoms with E-state index >= 15 is 0 Å². The zero-order valence-corrected chi connectivity index (χ0v) is 34.3. The van der Waals surface area contributed by atoms with Crippen LogP contribution in [0.25, 0.3) is 29.9 Å². The molecule has 2 atom stereocenters. The Morgan fingerprint density at radius 2 is 1.70 bits per heavy atom. The average Bonchev–Trinajstić information content (AvgIpc) is 3.78. The summed E-state index contributed by atoms with van der Waals surface area (Å²) in [6.45, 7) is 11.9. The summed E-state index contributed by atoms with van der Waals surface area (Å²) in [5, 5.41) is 4.12. The molecule has 0 radical (unpaired) electrons. The third-order valence-electron chi connectivity index (χ3n) is 10.9. The molecule has 2 aromatic rings. The van der Waals surface area contributed by atoms with E-state index in [9.17, 15) is 19.2 Å². The Labute approximate surface area is 328 Å². The van der Waals surface area contributed by atoms with Crippen molar-refractivity contribution in [2.45, 2.75) is 80.1 Å². The lowest BCUT2D eigenvalue weighted by molar-refractivity contribution is -0.141. The largest absolute Gasteiger partial charge is 0.469 e. The standard InChI is InChI=1S/C41H47IN6O6/c1-9-26-22(3)30-19-35-27(13-15-42)24(5)33-18-31-23(4)28(11-10-12-36(50)53-7)39(45-31)29(17-37(51)54-8)40-38(41(52)43-16-14-21(2)49)25(6)34(20-32(26)44-30)48(40)46-47(33)35/h13,15,18-20,23,28,46H,9-12,14,16-17H2,1-8H3,(H,43,52)/b15-13+,30-19-,31-18-,32-20?,33-18?,34-20-,35-19?,39-29?,40-29-/t23-,28-/m0/s1. The molecule has 0 aliphatic carbocycles. The molecule has 2 aromatic heterocycles. The summed E-state index contributed by atoms with van der Waals surface area (Å²) in [5.41, 5.74) is 14.3. The Kier molecular flexibility index (Phi) is 11.5. The molecule has 4 aliphatic heterocycles. The van der Waals surface area contributed by atoms with Crippen molar-refractivity contribution in [2.75, 3.05) is 26.3 Å². The van der Waals surface area contributed by atoms with Gasteiger partial charge in [-0.25, -0.2) is 19.9 Å². The molecular weight excluding hydrogens is 799 g/mol. The average molecular weight is 847 g/mol. The highest BCUT2D eigenvalue weighted by Gasteiger charge is 2.38. The van der Waals surface area contributed by atoms with Crippen LogP contribution in [0.3, 0.4) is 0 Å². The molecule has 1 amide bonds. The molecule has 12 nitrogen and oxygen atoms in total. The Morgan fingerprint density at radius 3 is 2.37 bits per heavy atom. The van der Waals surface area contributed by atoms with Crippen molar-refractivity contribution in [2.24, 2.45) is 21.8 Å². The summed E-state index contributed by atoms with van der Waals surface area (Å²) < 4.78 is 16.1. The van der Waals surface area contributed by atoms with E-state index < -0.39 is 5.97 Å². The van der Waals surface area contributed by atoms with E-state index in [1.807, 2.05) is 26.4 Å². The van der Waals surface area contributed by atoms with Gasteiger partial charge in [-0.3, -0.25) is 24.2 Å². The van der Waals surface area contributed by atoms with E-state index in [1.165, 1.54) is 21.1 Å². The lowest BCUT2D eigenvalue weighted by atomic mass is 9.82.